The molecule has 36 heavy (non-hydrogen) atoms. The van der Waals surface area contributed by atoms with Crippen LogP contribution in [0.3, 0.4) is 0 Å². The fourth-order valence-corrected chi connectivity index (χ4v) is 3.93. The molecule has 0 saturated carbocycles. The molecule has 2 N–H and O–H groups in total. The first kappa shape index (κ1) is 26.8. The normalized spacial score (nSPS) is 17.1. The number of amides is 3. The van der Waals surface area contributed by atoms with Gasteiger partial charge in [-0.05, 0) is 31.0 Å². The van der Waals surface area contributed by atoms with Gasteiger partial charge < -0.3 is 25.0 Å². The lowest BCUT2D eigenvalue weighted by Crippen LogP contribution is -2.43. The van der Waals surface area contributed by atoms with Crippen LogP contribution in [-0.4, -0.2) is 83.1 Å². The van der Waals surface area contributed by atoms with Crippen LogP contribution in [0.15, 0.2) is 23.0 Å². The van der Waals surface area contributed by atoms with Gasteiger partial charge in [0, 0.05) is 34.2 Å². The van der Waals surface area contributed by atoms with Gasteiger partial charge in [-0.25, -0.2) is 9.37 Å². The minimum Gasteiger partial charge on any atom is -0.501 e. The number of likely N-dealkylation sites (N-methyl/N-ethyl adjacent to an activating group) is 2. The minimum atomic E-state index is -0.816. The molecular formula is C24H30FN5O6. The second-order valence-electron chi connectivity index (χ2n) is 9.08. The highest BCUT2D eigenvalue weighted by molar-refractivity contribution is 6.34. The van der Waals surface area contributed by atoms with Gasteiger partial charge in [0.1, 0.15) is 11.6 Å². The molecule has 0 bridgehead atoms. The van der Waals surface area contributed by atoms with Gasteiger partial charge in [0.05, 0.1) is 25.2 Å². The van der Waals surface area contributed by atoms with E-state index >= 15 is 0 Å². The molecule has 0 saturated heterocycles. The molecule has 2 atom stereocenters. The number of aromatic nitrogens is 2. The lowest BCUT2D eigenvalue weighted by molar-refractivity contribution is -0.149. The van der Waals surface area contributed by atoms with Gasteiger partial charge in [-0.1, -0.05) is 12.1 Å². The summed E-state index contributed by atoms with van der Waals surface area (Å²) >= 11 is 0. The van der Waals surface area contributed by atoms with Crippen LogP contribution < -0.4 is 10.9 Å². The van der Waals surface area contributed by atoms with E-state index in [1.807, 2.05) is 0 Å². The molecule has 0 aliphatic carbocycles. The van der Waals surface area contributed by atoms with Crippen LogP contribution in [0.25, 0.3) is 0 Å². The summed E-state index contributed by atoms with van der Waals surface area (Å²) in [6.45, 7) is 3.53. The quantitative estimate of drug-likeness (QED) is 0.569. The molecule has 12 heteroatoms. The summed E-state index contributed by atoms with van der Waals surface area (Å²) in [5.74, 6) is -3.95. The van der Waals surface area contributed by atoms with Crippen molar-refractivity contribution < 1.29 is 28.6 Å². The maximum atomic E-state index is 13.5. The van der Waals surface area contributed by atoms with E-state index in [1.165, 1.54) is 42.7 Å². The number of nitrogens with one attached hydrogen (secondary N) is 1. The zero-order valence-corrected chi connectivity index (χ0v) is 20.9. The number of nitrogens with zero attached hydrogens (tertiary/aromatic N) is 4. The third kappa shape index (κ3) is 5.54. The van der Waals surface area contributed by atoms with Crippen LogP contribution in [0.2, 0.25) is 0 Å². The predicted molar refractivity (Wildman–Crippen MR) is 127 cm³/mol. The van der Waals surface area contributed by atoms with Crippen molar-refractivity contribution in [1.82, 2.24) is 24.7 Å². The number of aryl methyl sites for hydroxylation is 1. The summed E-state index contributed by atoms with van der Waals surface area (Å²) in [6, 6.07) is 3.87. The Kier molecular flexibility index (Phi) is 8.08. The maximum absolute atomic E-state index is 13.5. The SMILES string of the molecule is Cc1cc(CNC(=O)c2nc3n(c(=O)c2O)[C@@H](C)COC[C@@H]3CN(C)C(=O)C(=O)N(C)C)ccc1F. The highest BCUT2D eigenvalue weighted by Gasteiger charge is 2.32. The van der Waals surface area contributed by atoms with Gasteiger partial charge in [-0.15, -0.1) is 0 Å². The summed E-state index contributed by atoms with van der Waals surface area (Å²) in [5.41, 5.74) is -0.250. The first-order chi connectivity index (χ1) is 16.9. The summed E-state index contributed by atoms with van der Waals surface area (Å²) in [4.78, 5) is 57.2. The summed E-state index contributed by atoms with van der Waals surface area (Å²) < 4.78 is 20.4. The molecule has 1 aliphatic heterocycles. The summed E-state index contributed by atoms with van der Waals surface area (Å²) in [6.07, 6.45) is 0. The average molecular weight is 504 g/mol. The van der Waals surface area contributed by atoms with Crippen molar-refractivity contribution in [1.29, 1.82) is 0 Å². The number of carbonyl (C=O) groups excluding carboxylic acids is 3. The van der Waals surface area contributed by atoms with Crippen LogP contribution >= 0.6 is 0 Å². The van der Waals surface area contributed by atoms with Crippen molar-refractivity contribution in [2.45, 2.75) is 32.4 Å². The van der Waals surface area contributed by atoms with Gasteiger partial charge in [0.2, 0.25) is 5.75 Å². The molecule has 1 aromatic heterocycles. The van der Waals surface area contributed by atoms with Crippen molar-refractivity contribution in [2.75, 3.05) is 40.9 Å². The minimum absolute atomic E-state index is 0.0156. The van der Waals surface area contributed by atoms with Crippen LogP contribution in [0, 0.1) is 12.7 Å². The van der Waals surface area contributed by atoms with E-state index in [-0.39, 0.29) is 37.9 Å². The average Bonchev–Trinajstić information content (AvgIpc) is 2.98. The molecule has 0 radical (unpaired) electrons. The predicted octanol–water partition coefficient (Wildman–Crippen LogP) is 0.548. The van der Waals surface area contributed by atoms with Gasteiger partial charge in [-0.3, -0.25) is 23.7 Å². The zero-order chi connectivity index (χ0) is 26.7. The second kappa shape index (κ2) is 10.9. The van der Waals surface area contributed by atoms with Crippen LogP contribution in [0.4, 0.5) is 4.39 Å². The number of carbonyl (C=O) groups is 3. The number of benzene rings is 1. The molecule has 194 valence electrons. The number of halogens is 1. The first-order valence-electron chi connectivity index (χ1n) is 11.4. The van der Waals surface area contributed by atoms with E-state index in [2.05, 4.69) is 10.3 Å². The third-order valence-electron chi connectivity index (χ3n) is 5.92. The van der Waals surface area contributed by atoms with E-state index in [1.54, 1.807) is 19.9 Å². The van der Waals surface area contributed by atoms with Gasteiger partial charge in [0.25, 0.3) is 11.5 Å². The number of rotatable bonds is 5. The van der Waals surface area contributed by atoms with Crippen molar-refractivity contribution in [2.24, 2.45) is 0 Å². The largest absolute Gasteiger partial charge is 0.501 e. The zero-order valence-electron chi connectivity index (χ0n) is 20.9. The Morgan fingerprint density at radius 1 is 1.22 bits per heavy atom. The summed E-state index contributed by atoms with van der Waals surface area (Å²) in [5, 5.41) is 13.1. The van der Waals surface area contributed by atoms with E-state index < -0.39 is 46.7 Å². The highest BCUT2D eigenvalue weighted by atomic mass is 19.1. The lowest BCUT2D eigenvalue weighted by atomic mass is 10.1. The van der Waals surface area contributed by atoms with Gasteiger partial charge in [0.15, 0.2) is 5.69 Å². The van der Waals surface area contributed by atoms with Crippen molar-refractivity contribution in [3.05, 3.63) is 57.0 Å². The lowest BCUT2D eigenvalue weighted by Gasteiger charge is -2.25. The number of ether oxygens (including phenoxy) is 1. The van der Waals surface area contributed by atoms with Crippen LogP contribution in [0.1, 0.15) is 46.3 Å². The third-order valence-corrected chi connectivity index (χ3v) is 5.92. The Labute approximate surface area is 207 Å². The molecule has 1 aliphatic rings. The van der Waals surface area contributed by atoms with Crippen LogP contribution in [-0.2, 0) is 20.9 Å². The second-order valence-corrected chi connectivity index (χ2v) is 9.08. The van der Waals surface area contributed by atoms with E-state index in [0.717, 1.165) is 4.90 Å². The molecule has 1 aromatic carbocycles. The van der Waals surface area contributed by atoms with E-state index in [0.29, 0.717) is 11.1 Å². The molecule has 0 spiro atoms. The van der Waals surface area contributed by atoms with E-state index in [4.69, 9.17) is 4.74 Å². The number of aromatic hydroxyl groups is 1. The first-order valence-corrected chi connectivity index (χ1v) is 11.4. The highest BCUT2D eigenvalue weighted by Crippen LogP contribution is 2.25. The molecule has 0 unspecified atom stereocenters. The fraction of sp³-hybridized carbons (Fsp3) is 0.458. The van der Waals surface area contributed by atoms with Crippen molar-refractivity contribution in [3.63, 3.8) is 0 Å². The van der Waals surface area contributed by atoms with Crippen molar-refractivity contribution in [3.8, 4) is 5.75 Å². The smallest absolute Gasteiger partial charge is 0.311 e. The Morgan fingerprint density at radius 3 is 2.56 bits per heavy atom. The number of hydrogen-bond acceptors (Lipinski definition) is 7. The molecule has 11 nitrogen and oxygen atoms in total. The molecule has 3 amide bonds. The fourth-order valence-electron chi connectivity index (χ4n) is 3.93. The number of hydrogen-bond donors (Lipinski definition) is 2. The Hall–Kier alpha value is -3.80. The summed E-state index contributed by atoms with van der Waals surface area (Å²) in [7, 11) is 4.36. The molecule has 3 rings (SSSR count). The molecular weight excluding hydrogens is 473 g/mol. The number of fused-ring (bicyclic) bond motifs is 1. The van der Waals surface area contributed by atoms with E-state index in [9.17, 15) is 28.7 Å². The molecule has 2 aromatic rings. The standard InChI is InChI=1S/C24H30FN5O6/c1-13-8-15(6-7-17(13)25)9-26-21(32)18-19(31)22(33)30-14(2)11-36-12-16(20(30)27-18)10-29(5)24(35)23(34)28(3)4/h6-8,14,16,31H,9-12H2,1-5H3,(H,26,32)/t14-,16-/m0/s1. The Bertz CT molecular complexity index is 1240. The van der Waals surface area contributed by atoms with Gasteiger partial charge >= 0.3 is 11.8 Å². The Balaban J connectivity index is 1.93. The van der Waals surface area contributed by atoms with Crippen molar-refractivity contribution >= 4 is 17.7 Å². The Morgan fingerprint density at radius 2 is 1.92 bits per heavy atom. The maximum Gasteiger partial charge on any atom is 0.311 e. The monoisotopic (exact) mass is 503 g/mol. The van der Waals surface area contributed by atoms with Crippen LogP contribution in [0.5, 0.6) is 5.75 Å². The topological polar surface area (TPSA) is 134 Å². The molecule has 2 heterocycles. The molecule has 0 fully saturated rings. The van der Waals surface area contributed by atoms with Gasteiger partial charge in [-0.2, -0.15) is 0 Å².